The summed E-state index contributed by atoms with van der Waals surface area (Å²) in [5, 5.41) is 13.7. The third-order valence-electron chi connectivity index (χ3n) is 3.29. The third-order valence-corrected chi connectivity index (χ3v) is 4.51. The van der Waals surface area contributed by atoms with Crippen molar-refractivity contribution >= 4 is 29.4 Å². The number of hydrogen-bond donors (Lipinski definition) is 3. The van der Waals surface area contributed by atoms with Gasteiger partial charge in [-0.3, -0.25) is 4.79 Å². The van der Waals surface area contributed by atoms with Crippen LogP contribution in [0.15, 0.2) is 17.0 Å². The van der Waals surface area contributed by atoms with Crippen molar-refractivity contribution in [1.82, 2.24) is 5.32 Å². The van der Waals surface area contributed by atoms with Gasteiger partial charge in [-0.1, -0.05) is 0 Å². The van der Waals surface area contributed by atoms with Gasteiger partial charge in [0.2, 0.25) is 5.91 Å². The number of carboxylic acid groups (broad SMARTS) is 1. The topological polar surface area (TPSA) is 78.4 Å². The van der Waals surface area contributed by atoms with Crippen LogP contribution in [0, 0.1) is 17.6 Å². The lowest BCUT2D eigenvalue weighted by molar-refractivity contribution is -0.119. The van der Waals surface area contributed by atoms with Crippen LogP contribution >= 0.6 is 11.8 Å². The summed E-state index contributed by atoms with van der Waals surface area (Å²) in [6, 6.07) is 2.01. The number of benzene rings is 1. The number of carbonyl (C=O) groups is 2. The summed E-state index contributed by atoms with van der Waals surface area (Å²) >= 11 is 1.24. The van der Waals surface area contributed by atoms with E-state index in [0.717, 1.165) is 12.1 Å². The predicted octanol–water partition coefficient (Wildman–Crippen LogP) is 3.06. The van der Waals surface area contributed by atoms with E-state index in [0.29, 0.717) is 10.6 Å². The molecule has 120 valence electrons. The van der Waals surface area contributed by atoms with Crippen LogP contribution < -0.4 is 10.6 Å². The number of amides is 2. The van der Waals surface area contributed by atoms with Crippen LogP contribution in [0.1, 0.15) is 20.3 Å². The molecule has 0 aromatic heterocycles. The molecule has 8 heteroatoms. The van der Waals surface area contributed by atoms with E-state index in [-0.39, 0.29) is 18.0 Å². The van der Waals surface area contributed by atoms with Crippen LogP contribution in [0.3, 0.4) is 0 Å². The van der Waals surface area contributed by atoms with E-state index >= 15 is 0 Å². The lowest BCUT2D eigenvalue weighted by Gasteiger charge is -2.28. The first-order chi connectivity index (χ1) is 10.2. The molecule has 0 radical (unpaired) electrons. The summed E-state index contributed by atoms with van der Waals surface area (Å²) in [7, 11) is 0. The SMILES string of the molecule is CC(C)(C[C@H]1CSc2cc(F)c(F)cc2NC1=O)NC(=O)O. The summed E-state index contributed by atoms with van der Waals surface area (Å²) in [4.78, 5) is 23.4. The summed E-state index contributed by atoms with van der Waals surface area (Å²) < 4.78 is 26.5. The number of thioether (sulfide) groups is 1. The molecule has 3 N–H and O–H groups in total. The van der Waals surface area contributed by atoms with Crippen molar-refractivity contribution in [1.29, 1.82) is 0 Å². The van der Waals surface area contributed by atoms with E-state index in [9.17, 15) is 18.4 Å². The van der Waals surface area contributed by atoms with Crippen molar-refractivity contribution in [3.05, 3.63) is 23.8 Å². The number of rotatable bonds is 3. The Labute approximate surface area is 130 Å². The van der Waals surface area contributed by atoms with Crippen LogP contribution in [0.2, 0.25) is 0 Å². The Bertz CT molecular complexity index is 622. The van der Waals surface area contributed by atoms with Gasteiger partial charge in [0.1, 0.15) is 0 Å². The van der Waals surface area contributed by atoms with Gasteiger partial charge in [-0.25, -0.2) is 13.6 Å². The van der Waals surface area contributed by atoms with Gasteiger partial charge < -0.3 is 15.7 Å². The second-order valence-corrected chi connectivity index (χ2v) is 6.84. The Morgan fingerprint density at radius 1 is 1.45 bits per heavy atom. The van der Waals surface area contributed by atoms with Crippen LogP contribution in [-0.4, -0.2) is 28.4 Å². The molecule has 2 amide bonds. The summed E-state index contributed by atoms with van der Waals surface area (Å²) in [5.41, 5.74) is -0.554. The lowest BCUT2D eigenvalue weighted by atomic mass is 9.91. The van der Waals surface area contributed by atoms with Crippen molar-refractivity contribution in [3.63, 3.8) is 0 Å². The predicted molar refractivity (Wildman–Crippen MR) is 79.1 cm³/mol. The molecular formula is C14H16F2N2O3S. The molecule has 2 rings (SSSR count). The number of halogens is 2. The molecule has 1 aliphatic rings. The maximum atomic E-state index is 13.3. The van der Waals surface area contributed by atoms with E-state index < -0.39 is 29.2 Å². The molecule has 1 atom stereocenters. The number of carbonyl (C=O) groups excluding carboxylic acids is 1. The average molecular weight is 330 g/mol. The highest BCUT2D eigenvalue weighted by Gasteiger charge is 2.32. The maximum absolute atomic E-state index is 13.3. The average Bonchev–Trinajstić information content (AvgIpc) is 2.49. The van der Waals surface area contributed by atoms with E-state index in [1.807, 2.05) is 0 Å². The second kappa shape index (κ2) is 6.12. The van der Waals surface area contributed by atoms with Gasteiger partial charge in [-0.15, -0.1) is 11.8 Å². The Kier molecular flexibility index (Phi) is 4.60. The molecule has 1 aromatic carbocycles. The number of fused-ring (bicyclic) bond motifs is 1. The van der Waals surface area contributed by atoms with Crippen molar-refractivity contribution < 1.29 is 23.5 Å². The Hall–Kier alpha value is -1.83. The fraction of sp³-hybridized carbons (Fsp3) is 0.429. The second-order valence-electron chi connectivity index (χ2n) is 5.78. The minimum atomic E-state index is -1.17. The first-order valence-corrected chi connectivity index (χ1v) is 7.60. The largest absolute Gasteiger partial charge is 0.465 e. The molecule has 22 heavy (non-hydrogen) atoms. The summed E-state index contributed by atoms with van der Waals surface area (Å²) in [6.45, 7) is 3.35. The van der Waals surface area contributed by atoms with Gasteiger partial charge in [0, 0.05) is 28.2 Å². The van der Waals surface area contributed by atoms with Crippen molar-refractivity contribution in [3.8, 4) is 0 Å². The molecule has 5 nitrogen and oxygen atoms in total. The highest BCUT2D eigenvalue weighted by molar-refractivity contribution is 7.99. The normalized spacial score (nSPS) is 18.2. The smallest absolute Gasteiger partial charge is 0.405 e. The zero-order chi connectivity index (χ0) is 16.5. The Morgan fingerprint density at radius 2 is 2.09 bits per heavy atom. The molecule has 0 saturated heterocycles. The Balaban J connectivity index is 2.16. The zero-order valence-electron chi connectivity index (χ0n) is 12.1. The molecule has 0 bridgehead atoms. The molecule has 1 aromatic rings. The zero-order valence-corrected chi connectivity index (χ0v) is 12.9. The minimum Gasteiger partial charge on any atom is -0.465 e. The minimum absolute atomic E-state index is 0.236. The molecule has 1 aliphatic heterocycles. The van der Waals surface area contributed by atoms with E-state index in [4.69, 9.17) is 5.11 Å². The van der Waals surface area contributed by atoms with Crippen molar-refractivity contribution in [2.45, 2.75) is 30.7 Å². The van der Waals surface area contributed by atoms with Gasteiger partial charge in [0.25, 0.3) is 0 Å². The van der Waals surface area contributed by atoms with Gasteiger partial charge >= 0.3 is 6.09 Å². The highest BCUT2D eigenvalue weighted by atomic mass is 32.2. The molecule has 0 unspecified atom stereocenters. The standard InChI is InChI=1S/C14H16F2N2O3S/c1-14(2,18-13(20)21)5-7-6-22-11-4-9(16)8(15)3-10(11)17-12(7)19/h3-4,7,18H,5-6H2,1-2H3,(H,17,19)(H,20,21)/t7-/m0/s1. The third kappa shape index (κ3) is 3.88. The van der Waals surface area contributed by atoms with Gasteiger partial charge in [0.15, 0.2) is 11.6 Å². The van der Waals surface area contributed by atoms with Gasteiger partial charge in [-0.2, -0.15) is 0 Å². The van der Waals surface area contributed by atoms with E-state index in [1.165, 1.54) is 11.8 Å². The van der Waals surface area contributed by atoms with Crippen LogP contribution in [-0.2, 0) is 4.79 Å². The molecule has 0 spiro atoms. The van der Waals surface area contributed by atoms with E-state index in [2.05, 4.69) is 10.6 Å². The molecule has 0 saturated carbocycles. The fourth-order valence-electron chi connectivity index (χ4n) is 2.35. The van der Waals surface area contributed by atoms with E-state index in [1.54, 1.807) is 13.8 Å². The first-order valence-electron chi connectivity index (χ1n) is 6.62. The fourth-order valence-corrected chi connectivity index (χ4v) is 3.46. The number of nitrogens with one attached hydrogen (secondary N) is 2. The molecular weight excluding hydrogens is 314 g/mol. The van der Waals surface area contributed by atoms with Gasteiger partial charge in [0.05, 0.1) is 5.69 Å². The monoisotopic (exact) mass is 330 g/mol. The summed E-state index contributed by atoms with van der Waals surface area (Å²) in [6.07, 6.45) is -0.893. The number of hydrogen-bond acceptors (Lipinski definition) is 3. The quantitative estimate of drug-likeness (QED) is 0.796. The highest BCUT2D eigenvalue weighted by Crippen LogP contribution is 2.36. The maximum Gasteiger partial charge on any atom is 0.405 e. The van der Waals surface area contributed by atoms with Crippen molar-refractivity contribution in [2.24, 2.45) is 5.92 Å². The molecule has 1 heterocycles. The lowest BCUT2D eigenvalue weighted by Crippen LogP contribution is -2.45. The Morgan fingerprint density at radius 3 is 2.73 bits per heavy atom. The van der Waals surface area contributed by atoms with Gasteiger partial charge in [-0.05, 0) is 26.3 Å². The van der Waals surface area contributed by atoms with Crippen LogP contribution in [0.5, 0.6) is 0 Å². The molecule has 0 aliphatic carbocycles. The first kappa shape index (κ1) is 16.5. The van der Waals surface area contributed by atoms with Crippen LogP contribution in [0.4, 0.5) is 19.3 Å². The van der Waals surface area contributed by atoms with Crippen molar-refractivity contribution in [2.75, 3.05) is 11.1 Å². The molecule has 0 fully saturated rings. The summed E-state index contributed by atoms with van der Waals surface area (Å²) in [5.74, 6) is -2.45. The van der Waals surface area contributed by atoms with Crippen LogP contribution in [0.25, 0.3) is 0 Å². The number of anilines is 1.